The second-order valence-electron chi connectivity index (χ2n) is 6.06. The number of sulfonamides is 1. The summed E-state index contributed by atoms with van der Waals surface area (Å²) in [5, 5.41) is 18.5. The van der Waals surface area contributed by atoms with Gasteiger partial charge in [-0.1, -0.05) is 11.6 Å². The smallest absolute Gasteiger partial charge is 0.290 e. The molecule has 0 saturated carbocycles. The average Bonchev–Trinajstić information content (AvgIpc) is 3.41. The number of thiazole rings is 1. The summed E-state index contributed by atoms with van der Waals surface area (Å²) in [4.78, 5) is 11.5. The van der Waals surface area contributed by atoms with Crippen molar-refractivity contribution in [3.05, 3.63) is 63.6 Å². The molecule has 0 fully saturated rings. The van der Waals surface area contributed by atoms with E-state index in [1.165, 1.54) is 28.3 Å². The topological polar surface area (TPSA) is 137 Å². The van der Waals surface area contributed by atoms with Crippen LogP contribution in [-0.2, 0) is 21.4 Å². The number of aromatic amines is 1. The molecule has 0 amide bonds. The number of carbonyl (C=O) groups is 1. The second kappa shape index (κ2) is 9.89. The van der Waals surface area contributed by atoms with Crippen molar-refractivity contribution in [1.82, 2.24) is 15.2 Å². The zero-order chi connectivity index (χ0) is 23.3. The highest BCUT2D eigenvalue weighted by atomic mass is 35.5. The van der Waals surface area contributed by atoms with Gasteiger partial charge < -0.3 is 10.4 Å². The minimum Gasteiger partial charge on any atom is -0.483 e. The summed E-state index contributed by atoms with van der Waals surface area (Å²) < 4.78 is 55.7. The van der Waals surface area contributed by atoms with Crippen molar-refractivity contribution in [3.8, 4) is 0 Å². The molecule has 0 saturated heterocycles. The third kappa shape index (κ3) is 5.12. The number of nitrogens with one attached hydrogen (secondary N) is 3. The van der Waals surface area contributed by atoms with Crippen LogP contribution in [0, 0.1) is 11.6 Å². The molecular weight excluding hydrogens is 488 g/mol. The van der Waals surface area contributed by atoms with Crippen molar-refractivity contribution in [2.45, 2.75) is 11.4 Å². The van der Waals surface area contributed by atoms with Gasteiger partial charge in [-0.3, -0.25) is 14.6 Å². The highest BCUT2D eigenvalue weighted by Gasteiger charge is 2.22. The lowest BCUT2D eigenvalue weighted by Gasteiger charge is -2.13. The number of hydrogen-bond acceptors (Lipinski definition) is 7. The van der Waals surface area contributed by atoms with Crippen LogP contribution in [0.4, 0.5) is 20.3 Å². The Bertz CT molecular complexity index is 1350. The van der Waals surface area contributed by atoms with Crippen molar-refractivity contribution in [2.75, 3.05) is 10.0 Å². The maximum Gasteiger partial charge on any atom is 0.290 e. The van der Waals surface area contributed by atoms with E-state index in [2.05, 4.69) is 25.2 Å². The van der Waals surface area contributed by atoms with Gasteiger partial charge in [0.05, 0.1) is 27.9 Å². The zero-order valence-corrected chi connectivity index (χ0v) is 18.2. The molecule has 0 aliphatic rings. The number of aromatic nitrogens is 3. The van der Waals surface area contributed by atoms with Crippen LogP contribution >= 0.6 is 22.9 Å². The van der Waals surface area contributed by atoms with Crippen molar-refractivity contribution in [3.63, 3.8) is 0 Å². The van der Waals surface area contributed by atoms with Crippen LogP contribution in [0.5, 0.6) is 0 Å². The van der Waals surface area contributed by atoms with E-state index in [0.29, 0.717) is 11.1 Å². The Morgan fingerprint density at radius 1 is 1.25 bits per heavy atom. The number of halogens is 3. The Hall–Kier alpha value is -3.29. The molecule has 0 aliphatic carbocycles. The van der Waals surface area contributed by atoms with Crippen molar-refractivity contribution >= 4 is 61.8 Å². The molecule has 0 bridgehead atoms. The molecule has 32 heavy (non-hydrogen) atoms. The number of carboxylic acid groups (broad SMARTS) is 1. The predicted molar refractivity (Wildman–Crippen MR) is 116 cm³/mol. The van der Waals surface area contributed by atoms with Gasteiger partial charge in [-0.2, -0.15) is 5.10 Å². The van der Waals surface area contributed by atoms with Crippen LogP contribution in [0.2, 0.25) is 5.02 Å². The van der Waals surface area contributed by atoms with E-state index in [1.807, 2.05) is 0 Å². The van der Waals surface area contributed by atoms with Gasteiger partial charge in [0, 0.05) is 22.9 Å². The summed E-state index contributed by atoms with van der Waals surface area (Å²) in [5.74, 6) is -1.41. The molecule has 0 atom stereocenters. The van der Waals surface area contributed by atoms with E-state index in [-0.39, 0.29) is 29.5 Å². The highest BCUT2D eigenvalue weighted by Crippen LogP contribution is 2.30. The Kier molecular flexibility index (Phi) is 7.22. The lowest BCUT2D eigenvalue weighted by Crippen LogP contribution is -2.15. The fourth-order valence-electron chi connectivity index (χ4n) is 2.73. The normalized spacial score (nSPS) is 11.0. The monoisotopic (exact) mass is 501 g/mol. The zero-order valence-electron chi connectivity index (χ0n) is 15.8. The third-order valence-corrected chi connectivity index (χ3v) is 6.37. The Labute approximate surface area is 189 Å². The summed E-state index contributed by atoms with van der Waals surface area (Å²) in [7, 11) is -4.21. The first-order valence-corrected chi connectivity index (χ1v) is 11.4. The summed E-state index contributed by atoms with van der Waals surface area (Å²) in [6.07, 6.45) is 1.56. The van der Waals surface area contributed by atoms with Gasteiger partial charge in [-0.25, -0.2) is 22.2 Å². The van der Waals surface area contributed by atoms with Crippen molar-refractivity contribution in [1.29, 1.82) is 0 Å². The van der Waals surface area contributed by atoms with Gasteiger partial charge in [0.2, 0.25) is 0 Å². The maximum atomic E-state index is 14.5. The molecular formula is C18H14ClF2N5O4S2. The Balaban J connectivity index is 0.000000913. The minimum atomic E-state index is -4.21. The van der Waals surface area contributed by atoms with Crippen LogP contribution < -0.4 is 10.0 Å². The van der Waals surface area contributed by atoms with E-state index in [0.717, 1.165) is 17.5 Å². The van der Waals surface area contributed by atoms with Crippen LogP contribution in [0.3, 0.4) is 0 Å². The highest BCUT2D eigenvalue weighted by molar-refractivity contribution is 7.92. The molecule has 14 heteroatoms. The number of nitrogens with zero attached hydrogens (tertiary/aromatic N) is 2. The van der Waals surface area contributed by atoms with Crippen LogP contribution in [0.25, 0.3) is 10.9 Å². The van der Waals surface area contributed by atoms with Gasteiger partial charge in [0.1, 0.15) is 16.5 Å². The van der Waals surface area contributed by atoms with E-state index in [9.17, 15) is 17.2 Å². The van der Waals surface area contributed by atoms with E-state index in [4.69, 9.17) is 21.5 Å². The number of rotatable bonds is 6. The maximum absolute atomic E-state index is 14.5. The third-order valence-electron chi connectivity index (χ3n) is 4.11. The number of H-pyrrole nitrogens is 1. The first kappa shape index (κ1) is 23.4. The molecule has 9 nitrogen and oxygen atoms in total. The van der Waals surface area contributed by atoms with Crippen LogP contribution in [0.1, 0.15) is 5.56 Å². The van der Waals surface area contributed by atoms with Crippen LogP contribution in [-0.4, -0.2) is 35.2 Å². The van der Waals surface area contributed by atoms with Gasteiger partial charge in [0.15, 0.2) is 5.82 Å². The molecule has 0 aliphatic heterocycles. The Morgan fingerprint density at radius 2 is 2.00 bits per heavy atom. The molecule has 0 spiro atoms. The summed E-state index contributed by atoms with van der Waals surface area (Å²) >= 11 is 7.33. The van der Waals surface area contributed by atoms with Gasteiger partial charge in [0.25, 0.3) is 16.5 Å². The summed E-state index contributed by atoms with van der Waals surface area (Å²) in [6, 6.07) is 4.82. The first-order chi connectivity index (χ1) is 15.3. The fraction of sp³-hybridized carbons (Fsp3) is 0.0556. The average molecular weight is 502 g/mol. The van der Waals surface area contributed by atoms with Crippen LogP contribution in [0.15, 0.2) is 46.2 Å². The molecule has 4 rings (SSSR count). The quantitative estimate of drug-likeness (QED) is 0.292. The second-order valence-corrected chi connectivity index (χ2v) is 8.84. The minimum absolute atomic E-state index is 0.0201. The number of hydrogen-bond donors (Lipinski definition) is 4. The largest absolute Gasteiger partial charge is 0.483 e. The van der Waals surface area contributed by atoms with E-state index < -0.39 is 26.6 Å². The molecule has 2 aromatic heterocycles. The Morgan fingerprint density at radius 3 is 2.69 bits per heavy atom. The van der Waals surface area contributed by atoms with E-state index >= 15 is 0 Å². The van der Waals surface area contributed by atoms with Gasteiger partial charge in [-0.15, -0.1) is 11.3 Å². The van der Waals surface area contributed by atoms with Crippen molar-refractivity contribution in [2.24, 2.45) is 0 Å². The molecule has 4 aromatic rings. The van der Waals surface area contributed by atoms with Crippen molar-refractivity contribution < 1.29 is 27.1 Å². The van der Waals surface area contributed by atoms with Gasteiger partial charge in [-0.05, 0) is 24.3 Å². The molecule has 2 aromatic carbocycles. The SMILES string of the molecule is O=CO.O=S(=O)(Nc1cscn1)c1cc(Cl)c(NCc2c(F)ccc3cn[nH]c23)cc1F. The summed E-state index contributed by atoms with van der Waals surface area (Å²) in [5.41, 5.74) is 2.35. The summed E-state index contributed by atoms with van der Waals surface area (Å²) in [6.45, 7) is -0.270. The molecule has 0 radical (unpaired) electrons. The first-order valence-electron chi connectivity index (χ1n) is 8.59. The number of anilines is 2. The number of benzene rings is 2. The number of fused-ring (bicyclic) bond motifs is 1. The standard InChI is InChI=1S/C17H12ClF2N5O2S2.CH2O2/c18-11-3-15(29(26,27)25-16-7-28-8-22-16)13(20)4-14(11)21-6-10-12(19)2-1-9-5-23-24-17(9)10;2-1-3/h1-5,7-8,21,25H,6H2,(H,23,24);1H,(H,2,3). The molecule has 2 heterocycles. The molecule has 0 unspecified atom stereocenters. The fourth-order valence-corrected chi connectivity index (χ4v) is 4.67. The molecule has 4 N–H and O–H groups in total. The van der Waals surface area contributed by atoms with Gasteiger partial charge >= 0.3 is 0 Å². The lowest BCUT2D eigenvalue weighted by molar-refractivity contribution is -0.122. The predicted octanol–water partition coefficient (Wildman–Crippen LogP) is 4.06. The molecule has 168 valence electrons. The van der Waals surface area contributed by atoms with E-state index in [1.54, 1.807) is 12.3 Å². The lowest BCUT2D eigenvalue weighted by atomic mass is 10.1.